The molecular formula is C27H23F2N5O4. The standard InChI is InChI=1S/C27H23F2N5O4/c1-14-17(12-35)13-37-27(33-14)34-18-8-20(28)25(21(29)9-18)38-23-5-6-31-26-24(23)19(11-32-26)15-3-4-22(36-2)16(7-15)10-30/h3-9,11,14,17,35H,12-13H2,1-2H3,(H,31,32)(H,33,34). The minimum atomic E-state index is -0.941. The Morgan fingerprint density at radius 2 is 2.00 bits per heavy atom. The number of rotatable bonds is 6. The molecular weight excluding hydrogens is 496 g/mol. The first-order valence-corrected chi connectivity index (χ1v) is 11.7. The molecule has 9 nitrogen and oxygen atoms in total. The number of H-pyrrole nitrogens is 1. The van der Waals surface area contributed by atoms with E-state index in [4.69, 9.17) is 14.2 Å². The first-order chi connectivity index (χ1) is 18.4. The Labute approximate surface area is 216 Å². The summed E-state index contributed by atoms with van der Waals surface area (Å²) >= 11 is 0. The van der Waals surface area contributed by atoms with E-state index in [1.165, 1.54) is 19.4 Å². The molecule has 3 N–H and O–H groups in total. The molecule has 2 aromatic carbocycles. The smallest absolute Gasteiger partial charge is 0.289 e. The van der Waals surface area contributed by atoms with Crippen LogP contribution in [0.15, 0.2) is 53.8 Å². The number of aliphatic hydroxyl groups excluding tert-OH is 1. The lowest BCUT2D eigenvalue weighted by Crippen LogP contribution is -2.35. The number of nitriles is 1. The number of hydrogen-bond donors (Lipinski definition) is 3. The second-order valence-corrected chi connectivity index (χ2v) is 8.69. The van der Waals surface area contributed by atoms with Gasteiger partial charge in [-0.25, -0.2) is 18.8 Å². The highest BCUT2D eigenvalue weighted by Gasteiger charge is 2.24. The normalized spacial score (nSPS) is 16.9. The molecule has 0 radical (unpaired) electrons. The fraction of sp³-hybridized carbons (Fsp3) is 0.222. The van der Waals surface area contributed by atoms with E-state index in [9.17, 15) is 10.4 Å². The van der Waals surface area contributed by atoms with Gasteiger partial charge in [-0.1, -0.05) is 6.07 Å². The second kappa shape index (κ2) is 10.4. The van der Waals surface area contributed by atoms with Gasteiger partial charge in [0.15, 0.2) is 17.4 Å². The van der Waals surface area contributed by atoms with Gasteiger partial charge in [0, 0.05) is 41.7 Å². The number of nitrogens with zero attached hydrogens (tertiary/aromatic N) is 3. The van der Waals surface area contributed by atoms with Crippen molar-refractivity contribution in [3.8, 4) is 34.4 Å². The van der Waals surface area contributed by atoms with Crippen molar-refractivity contribution in [3.63, 3.8) is 0 Å². The van der Waals surface area contributed by atoms with Crippen LogP contribution in [-0.4, -0.2) is 47.5 Å². The molecule has 2 unspecified atom stereocenters. The van der Waals surface area contributed by atoms with E-state index in [-0.39, 0.29) is 42.6 Å². The lowest BCUT2D eigenvalue weighted by atomic mass is 10.0. The zero-order valence-corrected chi connectivity index (χ0v) is 20.5. The van der Waals surface area contributed by atoms with Gasteiger partial charge in [-0.05, 0) is 30.7 Å². The highest BCUT2D eigenvalue weighted by Crippen LogP contribution is 2.39. The fourth-order valence-electron chi connectivity index (χ4n) is 4.19. The van der Waals surface area contributed by atoms with Gasteiger partial charge in [0.2, 0.25) is 0 Å². The number of aliphatic hydroxyl groups is 1. The summed E-state index contributed by atoms with van der Waals surface area (Å²) in [6, 6.07) is 10.7. The van der Waals surface area contributed by atoms with E-state index in [1.807, 2.05) is 6.92 Å². The largest absolute Gasteiger partial charge is 0.495 e. The van der Waals surface area contributed by atoms with Gasteiger partial charge < -0.3 is 29.6 Å². The topological polar surface area (TPSA) is 125 Å². The highest BCUT2D eigenvalue weighted by atomic mass is 19.1. The van der Waals surface area contributed by atoms with Crippen LogP contribution < -0.4 is 14.8 Å². The van der Waals surface area contributed by atoms with Gasteiger partial charge in [0.25, 0.3) is 6.02 Å². The van der Waals surface area contributed by atoms with Crippen LogP contribution in [0.1, 0.15) is 12.5 Å². The molecule has 1 aliphatic heterocycles. The lowest BCUT2D eigenvalue weighted by Gasteiger charge is -2.26. The van der Waals surface area contributed by atoms with Crippen molar-refractivity contribution < 1.29 is 28.1 Å². The van der Waals surface area contributed by atoms with Crippen LogP contribution in [-0.2, 0) is 4.74 Å². The summed E-state index contributed by atoms with van der Waals surface area (Å²) < 4.78 is 46.6. The van der Waals surface area contributed by atoms with Crippen LogP contribution >= 0.6 is 0 Å². The maximum Gasteiger partial charge on any atom is 0.289 e. The van der Waals surface area contributed by atoms with Gasteiger partial charge in [-0.3, -0.25) is 0 Å². The van der Waals surface area contributed by atoms with E-state index < -0.39 is 17.4 Å². The number of hydrogen-bond acceptors (Lipinski definition) is 8. The van der Waals surface area contributed by atoms with Crippen molar-refractivity contribution in [2.45, 2.75) is 13.0 Å². The summed E-state index contributed by atoms with van der Waals surface area (Å²) in [5, 5.41) is 22.1. The molecule has 0 spiro atoms. The van der Waals surface area contributed by atoms with Gasteiger partial charge in [-0.15, -0.1) is 0 Å². The Morgan fingerprint density at radius 1 is 1.21 bits per heavy atom. The second-order valence-electron chi connectivity index (χ2n) is 8.69. The lowest BCUT2D eigenvalue weighted by molar-refractivity contribution is 0.125. The number of anilines is 1. The first-order valence-electron chi connectivity index (χ1n) is 11.7. The highest BCUT2D eigenvalue weighted by molar-refractivity contribution is 5.98. The van der Waals surface area contributed by atoms with Crippen LogP contribution in [0.5, 0.6) is 17.2 Å². The molecule has 0 saturated heterocycles. The van der Waals surface area contributed by atoms with E-state index in [1.54, 1.807) is 24.4 Å². The molecule has 4 aromatic rings. The number of ether oxygens (including phenoxy) is 3. The molecule has 5 rings (SSSR count). The van der Waals surface area contributed by atoms with Gasteiger partial charge in [-0.2, -0.15) is 5.26 Å². The molecule has 11 heteroatoms. The first kappa shape index (κ1) is 25.0. The maximum absolute atomic E-state index is 15.1. The average Bonchev–Trinajstić information content (AvgIpc) is 3.35. The molecule has 0 aliphatic carbocycles. The van der Waals surface area contributed by atoms with Crippen LogP contribution in [0.25, 0.3) is 22.2 Å². The summed E-state index contributed by atoms with van der Waals surface area (Å²) in [6.07, 6.45) is 3.14. The predicted octanol–water partition coefficient (Wildman–Crippen LogP) is 4.98. The number of pyridine rings is 1. The van der Waals surface area contributed by atoms with Crippen LogP contribution in [0.4, 0.5) is 14.5 Å². The Kier molecular flexibility index (Phi) is 6.81. The number of nitrogens with one attached hydrogen (secondary N) is 2. The summed E-state index contributed by atoms with van der Waals surface area (Å²) in [7, 11) is 1.48. The van der Waals surface area contributed by atoms with Crippen molar-refractivity contribution in [2.75, 3.05) is 25.6 Å². The minimum Gasteiger partial charge on any atom is -0.495 e. The average molecular weight is 520 g/mol. The van der Waals surface area contributed by atoms with Crippen molar-refractivity contribution in [1.82, 2.24) is 9.97 Å². The molecule has 194 valence electrons. The number of aromatic amines is 1. The van der Waals surface area contributed by atoms with Crippen LogP contribution in [0.2, 0.25) is 0 Å². The number of methoxy groups -OCH3 is 1. The predicted molar refractivity (Wildman–Crippen MR) is 136 cm³/mol. The van der Waals surface area contributed by atoms with E-state index in [0.717, 1.165) is 12.1 Å². The zero-order valence-electron chi connectivity index (χ0n) is 20.5. The number of fused-ring (bicyclic) bond motifs is 1. The Hall–Kier alpha value is -4.69. The summed E-state index contributed by atoms with van der Waals surface area (Å²) in [5.41, 5.74) is 2.15. The third kappa shape index (κ3) is 4.69. The zero-order chi connectivity index (χ0) is 26.8. The number of halogens is 2. The molecule has 3 heterocycles. The van der Waals surface area contributed by atoms with Crippen LogP contribution in [0.3, 0.4) is 0 Å². The molecule has 0 fully saturated rings. The Balaban J connectivity index is 1.46. The molecule has 0 bridgehead atoms. The molecule has 2 aromatic heterocycles. The Morgan fingerprint density at radius 3 is 2.68 bits per heavy atom. The number of amidine groups is 1. The van der Waals surface area contributed by atoms with Crippen molar-refractivity contribution in [2.24, 2.45) is 10.9 Å². The number of aromatic nitrogens is 2. The van der Waals surface area contributed by atoms with Crippen LogP contribution in [0, 0.1) is 28.9 Å². The van der Waals surface area contributed by atoms with Crippen molar-refractivity contribution in [1.29, 1.82) is 5.26 Å². The summed E-state index contributed by atoms with van der Waals surface area (Å²) in [4.78, 5) is 11.6. The van der Waals surface area contributed by atoms with E-state index in [2.05, 4.69) is 26.3 Å². The van der Waals surface area contributed by atoms with Crippen molar-refractivity contribution >= 4 is 22.7 Å². The fourth-order valence-corrected chi connectivity index (χ4v) is 4.19. The van der Waals surface area contributed by atoms with Crippen molar-refractivity contribution in [3.05, 3.63) is 66.0 Å². The SMILES string of the molecule is COc1ccc(-c2c[nH]c3nccc(Oc4c(F)cc(NC5=NC(C)C(CO)CO5)cc4F)c23)cc1C#N. The van der Waals surface area contributed by atoms with E-state index >= 15 is 8.78 Å². The Bertz CT molecular complexity index is 1560. The molecule has 38 heavy (non-hydrogen) atoms. The number of benzene rings is 2. The summed E-state index contributed by atoms with van der Waals surface area (Å²) in [5.74, 6) is -2.03. The van der Waals surface area contributed by atoms with E-state index in [0.29, 0.717) is 33.5 Å². The third-order valence-electron chi connectivity index (χ3n) is 6.30. The molecule has 1 aliphatic rings. The third-order valence-corrected chi connectivity index (χ3v) is 6.30. The van der Waals surface area contributed by atoms with Gasteiger partial charge >= 0.3 is 0 Å². The van der Waals surface area contributed by atoms with Gasteiger partial charge in [0.05, 0.1) is 37.3 Å². The minimum absolute atomic E-state index is 0.0731. The molecule has 2 atom stereocenters. The monoisotopic (exact) mass is 519 g/mol. The molecule has 0 amide bonds. The van der Waals surface area contributed by atoms with Gasteiger partial charge in [0.1, 0.15) is 23.2 Å². The number of aliphatic imine (C=N–C) groups is 1. The maximum atomic E-state index is 15.1. The summed E-state index contributed by atoms with van der Waals surface area (Å²) in [6.45, 7) is 1.98. The molecule has 0 saturated carbocycles. The quantitative estimate of drug-likeness (QED) is 0.328.